The molecule has 1 aliphatic rings. The number of ether oxygens (including phenoxy) is 2. The molecule has 0 aliphatic carbocycles. The second-order valence-corrected chi connectivity index (χ2v) is 7.67. The van der Waals surface area contributed by atoms with Gasteiger partial charge in [0, 0.05) is 26.0 Å². The fourth-order valence-corrected chi connectivity index (χ4v) is 3.89. The minimum atomic E-state index is -4.31. The minimum Gasteiger partial charge on any atom is -0.383 e. The Morgan fingerprint density at radius 3 is 2.54 bits per heavy atom. The van der Waals surface area contributed by atoms with Crippen molar-refractivity contribution < 1.29 is 28.0 Å². The zero-order valence-electron chi connectivity index (χ0n) is 15.5. The van der Waals surface area contributed by atoms with Crippen molar-refractivity contribution in [2.45, 2.75) is 57.6 Å². The standard InChI is InChI=1S/C15H26N3O7P/c1-6-15(7-2)11(25-26(20,21)23-5)10(22-4)13(24-15)18-8-9(3)12(16)17-14(18)19/h8,10-11,13H,6-7H2,1-5H3,(H,20,21)(H2,16,17,19)/t10?,11?,13-/m1/s1. The molecule has 0 bridgehead atoms. The number of hydrogen-bond donors (Lipinski definition) is 2. The Morgan fingerprint density at radius 2 is 2.04 bits per heavy atom. The maximum Gasteiger partial charge on any atom is 0.472 e. The third-order valence-corrected chi connectivity index (χ3v) is 5.80. The maximum absolute atomic E-state index is 12.3. The van der Waals surface area contributed by atoms with Gasteiger partial charge in [-0.05, 0) is 19.8 Å². The van der Waals surface area contributed by atoms with E-state index < -0.39 is 37.5 Å². The molecule has 0 aromatic carbocycles. The molecule has 3 N–H and O–H groups in total. The van der Waals surface area contributed by atoms with Gasteiger partial charge >= 0.3 is 13.5 Å². The van der Waals surface area contributed by atoms with Crippen molar-refractivity contribution in [3.8, 4) is 0 Å². The molecule has 2 rings (SSSR count). The van der Waals surface area contributed by atoms with Crippen molar-refractivity contribution in [1.82, 2.24) is 9.55 Å². The molecule has 11 heteroatoms. The van der Waals surface area contributed by atoms with Crippen molar-refractivity contribution in [1.29, 1.82) is 0 Å². The van der Waals surface area contributed by atoms with Crippen molar-refractivity contribution >= 4 is 13.6 Å². The SMILES string of the molecule is CCC1(CC)O[C@@H](n2cc(C)c(N)nc2=O)C(OC)C1OP(=O)(O)OC. The molecule has 1 fully saturated rings. The first kappa shape index (κ1) is 21.0. The summed E-state index contributed by atoms with van der Waals surface area (Å²) in [7, 11) is -1.82. The van der Waals surface area contributed by atoms with Gasteiger partial charge in [0.25, 0.3) is 0 Å². The van der Waals surface area contributed by atoms with Gasteiger partial charge in [-0.3, -0.25) is 13.6 Å². The smallest absolute Gasteiger partial charge is 0.383 e. The largest absolute Gasteiger partial charge is 0.472 e. The molecule has 0 radical (unpaired) electrons. The first-order valence-corrected chi connectivity index (χ1v) is 9.77. The molecular formula is C15H26N3O7P. The first-order valence-electron chi connectivity index (χ1n) is 8.27. The van der Waals surface area contributed by atoms with Gasteiger partial charge in [-0.15, -0.1) is 0 Å². The summed E-state index contributed by atoms with van der Waals surface area (Å²) in [5, 5.41) is 0. The molecule has 2 heterocycles. The van der Waals surface area contributed by atoms with Gasteiger partial charge in [0.15, 0.2) is 6.23 Å². The number of methoxy groups -OCH3 is 1. The normalized spacial score (nSPS) is 27.4. The van der Waals surface area contributed by atoms with Gasteiger partial charge in [-0.1, -0.05) is 13.8 Å². The third kappa shape index (κ3) is 3.71. The molecule has 0 spiro atoms. The number of nitrogen functional groups attached to an aromatic ring is 1. The van der Waals surface area contributed by atoms with Crippen LogP contribution >= 0.6 is 7.82 Å². The molecule has 3 unspecified atom stereocenters. The average Bonchev–Trinajstić information content (AvgIpc) is 2.91. The van der Waals surface area contributed by atoms with Crippen LogP contribution < -0.4 is 11.4 Å². The van der Waals surface area contributed by atoms with E-state index in [9.17, 15) is 14.3 Å². The van der Waals surface area contributed by atoms with Crippen LogP contribution in [0.2, 0.25) is 0 Å². The number of aryl methyl sites for hydroxylation is 1. The van der Waals surface area contributed by atoms with Crippen molar-refractivity contribution in [2.75, 3.05) is 20.0 Å². The number of nitrogens with two attached hydrogens (primary N) is 1. The van der Waals surface area contributed by atoms with E-state index in [1.165, 1.54) is 17.9 Å². The lowest BCUT2D eigenvalue weighted by atomic mass is 9.90. The Hall–Kier alpha value is -1.29. The lowest BCUT2D eigenvalue weighted by Gasteiger charge is -2.33. The number of phosphoric acid groups is 1. The highest BCUT2D eigenvalue weighted by atomic mass is 31.2. The van der Waals surface area contributed by atoms with E-state index in [0.717, 1.165) is 7.11 Å². The minimum absolute atomic E-state index is 0.127. The Bertz CT molecular complexity index is 749. The van der Waals surface area contributed by atoms with Crippen molar-refractivity contribution in [3.05, 3.63) is 22.2 Å². The summed E-state index contributed by atoms with van der Waals surface area (Å²) < 4.78 is 34.9. The zero-order chi connectivity index (χ0) is 19.7. The molecular weight excluding hydrogens is 365 g/mol. The fourth-order valence-electron chi connectivity index (χ4n) is 3.20. The van der Waals surface area contributed by atoms with E-state index >= 15 is 0 Å². The number of phosphoric ester groups is 1. The monoisotopic (exact) mass is 391 g/mol. The molecule has 1 saturated heterocycles. The molecule has 0 amide bonds. The topological polar surface area (TPSA) is 135 Å². The third-order valence-electron chi connectivity index (χ3n) is 4.85. The van der Waals surface area contributed by atoms with Gasteiger partial charge in [0.2, 0.25) is 0 Å². The predicted molar refractivity (Wildman–Crippen MR) is 93.6 cm³/mol. The molecule has 1 aromatic rings. The van der Waals surface area contributed by atoms with E-state index in [1.807, 2.05) is 13.8 Å². The summed E-state index contributed by atoms with van der Waals surface area (Å²) in [4.78, 5) is 25.9. The molecule has 1 aliphatic heterocycles. The molecule has 10 nitrogen and oxygen atoms in total. The lowest BCUT2D eigenvalue weighted by Crippen LogP contribution is -2.44. The van der Waals surface area contributed by atoms with Gasteiger partial charge in [-0.2, -0.15) is 4.98 Å². The number of anilines is 1. The number of nitrogens with zero attached hydrogens (tertiary/aromatic N) is 2. The van der Waals surface area contributed by atoms with E-state index in [1.54, 1.807) is 6.92 Å². The first-order chi connectivity index (χ1) is 12.1. The summed E-state index contributed by atoms with van der Waals surface area (Å²) in [5.41, 5.74) is 4.72. The summed E-state index contributed by atoms with van der Waals surface area (Å²) in [5.74, 6) is 0.127. The Kier molecular flexibility index (Phi) is 6.27. The Labute approximate surface area is 151 Å². The molecule has 0 saturated carbocycles. The van der Waals surface area contributed by atoms with Crippen LogP contribution in [0.5, 0.6) is 0 Å². The van der Waals surface area contributed by atoms with E-state index in [2.05, 4.69) is 9.51 Å². The van der Waals surface area contributed by atoms with Crippen LogP contribution in [0.4, 0.5) is 5.82 Å². The fraction of sp³-hybridized carbons (Fsp3) is 0.733. The van der Waals surface area contributed by atoms with Crippen LogP contribution in [0, 0.1) is 6.92 Å². The van der Waals surface area contributed by atoms with Crippen LogP contribution in [0.15, 0.2) is 11.0 Å². The summed E-state index contributed by atoms with van der Waals surface area (Å²) >= 11 is 0. The molecule has 26 heavy (non-hydrogen) atoms. The highest BCUT2D eigenvalue weighted by Gasteiger charge is 2.57. The quantitative estimate of drug-likeness (QED) is 0.661. The lowest BCUT2D eigenvalue weighted by molar-refractivity contribution is -0.109. The summed E-state index contributed by atoms with van der Waals surface area (Å²) in [6, 6.07) is 0. The zero-order valence-corrected chi connectivity index (χ0v) is 16.4. The van der Waals surface area contributed by atoms with Gasteiger partial charge in [0.05, 0.1) is 5.60 Å². The summed E-state index contributed by atoms with van der Waals surface area (Å²) in [6.45, 7) is 5.43. The Balaban J connectivity index is 2.54. The van der Waals surface area contributed by atoms with Crippen LogP contribution in [-0.4, -0.2) is 46.5 Å². The molecule has 148 valence electrons. The maximum atomic E-state index is 12.3. The highest BCUT2D eigenvalue weighted by Crippen LogP contribution is 2.52. The van der Waals surface area contributed by atoms with E-state index in [-0.39, 0.29) is 5.82 Å². The predicted octanol–water partition coefficient (Wildman–Crippen LogP) is 1.37. The van der Waals surface area contributed by atoms with Crippen LogP contribution in [0.25, 0.3) is 0 Å². The number of hydrogen-bond acceptors (Lipinski definition) is 8. The summed E-state index contributed by atoms with van der Waals surface area (Å²) in [6.07, 6.45) is -0.231. The Morgan fingerprint density at radius 1 is 1.42 bits per heavy atom. The second-order valence-electron chi connectivity index (χ2n) is 6.16. The second kappa shape index (κ2) is 7.75. The average molecular weight is 391 g/mol. The van der Waals surface area contributed by atoms with E-state index in [4.69, 9.17) is 19.7 Å². The number of aromatic nitrogens is 2. The molecule has 1 aromatic heterocycles. The molecule has 4 atom stereocenters. The van der Waals surface area contributed by atoms with E-state index in [0.29, 0.717) is 18.4 Å². The van der Waals surface area contributed by atoms with Crippen molar-refractivity contribution in [3.63, 3.8) is 0 Å². The van der Waals surface area contributed by atoms with Crippen molar-refractivity contribution in [2.24, 2.45) is 0 Å². The van der Waals surface area contributed by atoms with Gasteiger partial charge in [0.1, 0.15) is 18.0 Å². The van der Waals surface area contributed by atoms with Crippen LogP contribution in [-0.2, 0) is 23.1 Å². The highest BCUT2D eigenvalue weighted by molar-refractivity contribution is 7.47. The van der Waals surface area contributed by atoms with Gasteiger partial charge < -0.3 is 20.1 Å². The van der Waals surface area contributed by atoms with Crippen LogP contribution in [0.3, 0.4) is 0 Å². The number of rotatable bonds is 7. The van der Waals surface area contributed by atoms with Gasteiger partial charge in [-0.25, -0.2) is 9.36 Å². The van der Waals surface area contributed by atoms with Crippen LogP contribution in [0.1, 0.15) is 38.5 Å².